The number of thiophene rings is 1. The van der Waals surface area contributed by atoms with Crippen LogP contribution in [0.4, 0.5) is 4.39 Å². The van der Waals surface area contributed by atoms with Crippen LogP contribution in [-0.4, -0.2) is 41.2 Å². The third-order valence-corrected chi connectivity index (χ3v) is 7.13. The zero-order chi connectivity index (χ0) is 20.4. The van der Waals surface area contributed by atoms with Crippen LogP contribution in [0.1, 0.15) is 36.1 Å². The summed E-state index contributed by atoms with van der Waals surface area (Å²) in [5.74, 6) is 0.601. The predicted molar refractivity (Wildman–Crippen MR) is 112 cm³/mol. The van der Waals surface area contributed by atoms with E-state index in [9.17, 15) is 14.3 Å². The number of aliphatic hydroxyl groups is 1. The average Bonchev–Trinajstić information content (AvgIpc) is 3.34. The fourth-order valence-electron chi connectivity index (χ4n) is 4.61. The third kappa shape index (κ3) is 4.81. The first-order valence-corrected chi connectivity index (χ1v) is 11.3. The number of carbonyl (C=O) groups is 1. The molecule has 1 aliphatic carbocycles. The number of hydrogen-bond donors (Lipinski definition) is 1. The summed E-state index contributed by atoms with van der Waals surface area (Å²) in [5, 5.41) is 12.6. The van der Waals surface area contributed by atoms with Crippen molar-refractivity contribution >= 4 is 17.2 Å². The van der Waals surface area contributed by atoms with E-state index in [1.807, 2.05) is 17.9 Å². The van der Waals surface area contributed by atoms with Gasteiger partial charge in [0.1, 0.15) is 6.10 Å². The van der Waals surface area contributed by atoms with Gasteiger partial charge in [-0.25, -0.2) is 4.39 Å². The van der Waals surface area contributed by atoms with E-state index in [0.29, 0.717) is 44.2 Å². The molecule has 2 fully saturated rings. The minimum Gasteiger partial charge on any atom is -0.485 e. The molecular weight excluding hydrogens is 389 g/mol. The number of amides is 1. The van der Waals surface area contributed by atoms with E-state index in [0.717, 1.165) is 18.4 Å². The lowest BCUT2D eigenvalue weighted by atomic mass is 9.78. The molecule has 6 heteroatoms. The Morgan fingerprint density at radius 1 is 1.28 bits per heavy atom. The first kappa shape index (κ1) is 20.4. The summed E-state index contributed by atoms with van der Waals surface area (Å²) in [5.41, 5.74) is 0.921. The van der Waals surface area contributed by atoms with Gasteiger partial charge in [0.05, 0.1) is 6.10 Å². The molecule has 2 heterocycles. The van der Waals surface area contributed by atoms with Crippen LogP contribution >= 0.6 is 11.3 Å². The molecule has 4 nitrogen and oxygen atoms in total. The number of carbonyl (C=O) groups excluding carboxylic acids is 1. The zero-order valence-electron chi connectivity index (χ0n) is 16.7. The number of halogens is 1. The minimum atomic E-state index is -0.634. The second kappa shape index (κ2) is 8.84. The Morgan fingerprint density at radius 2 is 2.07 bits per heavy atom. The summed E-state index contributed by atoms with van der Waals surface area (Å²) in [7, 11) is 0. The molecule has 1 aliphatic heterocycles. The number of nitrogens with zero attached hydrogens (tertiary/aromatic N) is 1. The molecule has 4 rings (SSSR count). The van der Waals surface area contributed by atoms with Gasteiger partial charge in [-0.1, -0.05) is 12.1 Å². The Kier molecular flexibility index (Phi) is 6.20. The normalized spacial score (nSPS) is 26.4. The molecule has 4 atom stereocenters. The number of ether oxygens (including phenoxy) is 1. The molecule has 0 radical (unpaired) electrons. The Hall–Kier alpha value is -1.92. The molecule has 1 aromatic carbocycles. The molecule has 156 valence electrons. The van der Waals surface area contributed by atoms with Crippen LogP contribution in [0.15, 0.2) is 35.7 Å². The number of aliphatic hydroxyl groups excluding tert-OH is 1. The van der Waals surface area contributed by atoms with E-state index >= 15 is 0 Å². The maximum Gasteiger partial charge on any atom is 0.222 e. The van der Waals surface area contributed by atoms with Gasteiger partial charge in [-0.15, -0.1) is 11.3 Å². The third-order valence-electron chi connectivity index (χ3n) is 6.20. The van der Waals surface area contributed by atoms with E-state index in [4.69, 9.17) is 4.74 Å². The van der Waals surface area contributed by atoms with Gasteiger partial charge < -0.3 is 14.7 Å². The largest absolute Gasteiger partial charge is 0.485 e. The Balaban J connectivity index is 1.31. The summed E-state index contributed by atoms with van der Waals surface area (Å²) < 4.78 is 19.9. The second-order valence-electron chi connectivity index (χ2n) is 8.38. The predicted octanol–water partition coefficient (Wildman–Crippen LogP) is 4.20. The molecule has 1 aromatic heterocycles. The van der Waals surface area contributed by atoms with Gasteiger partial charge in [0, 0.05) is 24.4 Å². The van der Waals surface area contributed by atoms with Crippen molar-refractivity contribution < 1.29 is 19.0 Å². The van der Waals surface area contributed by atoms with Crippen molar-refractivity contribution in [2.24, 2.45) is 11.8 Å². The molecule has 2 aliphatic rings. The summed E-state index contributed by atoms with van der Waals surface area (Å²) in [6.45, 7) is 3.31. The zero-order valence-corrected chi connectivity index (χ0v) is 17.5. The molecule has 29 heavy (non-hydrogen) atoms. The smallest absolute Gasteiger partial charge is 0.222 e. The highest BCUT2D eigenvalue weighted by molar-refractivity contribution is 7.09. The van der Waals surface area contributed by atoms with Gasteiger partial charge in [-0.2, -0.15) is 0 Å². The molecule has 0 bridgehead atoms. The molecular formula is C23H28FNO3S. The van der Waals surface area contributed by atoms with Crippen LogP contribution in [0, 0.1) is 24.6 Å². The lowest BCUT2D eigenvalue weighted by Crippen LogP contribution is -2.42. The molecule has 1 N–H and O–H groups in total. The molecule has 2 aromatic rings. The minimum absolute atomic E-state index is 0.201. The molecule has 1 saturated heterocycles. The van der Waals surface area contributed by atoms with Crippen molar-refractivity contribution in [3.63, 3.8) is 0 Å². The molecule has 1 amide bonds. The number of aryl methyl sites for hydroxylation is 2. The van der Waals surface area contributed by atoms with E-state index in [1.165, 1.54) is 10.9 Å². The van der Waals surface area contributed by atoms with Crippen LogP contribution < -0.4 is 4.74 Å². The van der Waals surface area contributed by atoms with Gasteiger partial charge in [0.25, 0.3) is 0 Å². The Labute approximate surface area is 175 Å². The number of likely N-dealkylation sites (tertiary alicyclic amines) is 1. The number of rotatable bonds is 6. The standard InChI is InChI=1S/C23H28FNO3S/c1-15-7-8-19(24)21(10-15)28-22-12-17-14-25(13-16(17)11-20(22)26)23(27)6-2-4-18-5-3-9-29-18/h3,5,7-10,16-17,20,22,26H,2,4,6,11-14H2,1H3/t16-,17+,20+,22+/m0/s1. The van der Waals surface area contributed by atoms with Crippen molar-refractivity contribution in [3.05, 3.63) is 52.0 Å². The highest BCUT2D eigenvalue weighted by Gasteiger charge is 2.43. The summed E-state index contributed by atoms with van der Waals surface area (Å²) in [4.78, 5) is 15.9. The van der Waals surface area contributed by atoms with E-state index in [-0.39, 0.29) is 11.7 Å². The highest BCUT2D eigenvalue weighted by Crippen LogP contribution is 2.38. The summed E-state index contributed by atoms with van der Waals surface area (Å²) in [6.07, 6.45) is 2.56. The van der Waals surface area contributed by atoms with Crippen LogP contribution in [0.25, 0.3) is 0 Å². The summed E-state index contributed by atoms with van der Waals surface area (Å²) in [6, 6.07) is 8.92. The van der Waals surface area contributed by atoms with Crippen molar-refractivity contribution in [2.45, 2.75) is 51.2 Å². The van der Waals surface area contributed by atoms with Gasteiger partial charge in [-0.05, 0) is 73.6 Å². The van der Waals surface area contributed by atoms with Gasteiger partial charge in [0.2, 0.25) is 5.91 Å². The Bertz CT molecular complexity index is 841. The second-order valence-corrected chi connectivity index (χ2v) is 9.41. The van der Waals surface area contributed by atoms with Crippen LogP contribution in [0.3, 0.4) is 0 Å². The molecule has 0 unspecified atom stereocenters. The monoisotopic (exact) mass is 417 g/mol. The first-order chi connectivity index (χ1) is 14.0. The van der Waals surface area contributed by atoms with Gasteiger partial charge in [-0.3, -0.25) is 4.79 Å². The van der Waals surface area contributed by atoms with Crippen molar-refractivity contribution in [1.29, 1.82) is 0 Å². The van der Waals surface area contributed by atoms with E-state index in [1.54, 1.807) is 23.5 Å². The highest BCUT2D eigenvalue weighted by atomic mass is 32.1. The average molecular weight is 418 g/mol. The van der Waals surface area contributed by atoms with Gasteiger partial charge >= 0.3 is 0 Å². The molecule has 0 spiro atoms. The lowest BCUT2D eigenvalue weighted by molar-refractivity contribution is -0.130. The van der Waals surface area contributed by atoms with Crippen molar-refractivity contribution in [2.75, 3.05) is 13.1 Å². The Morgan fingerprint density at radius 3 is 2.83 bits per heavy atom. The fourth-order valence-corrected chi connectivity index (χ4v) is 5.36. The fraction of sp³-hybridized carbons (Fsp3) is 0.522. The first-order valence-electron chi connectivity index (χ1n) is 10.4. The van der Waals surface area contributed by atoms with E-state index in [2.05, 4.69) is 11.4 Å². The van der Waals surface area contributed by atoms with Crippen LogP contribution in [-0.2, 0) is 11.2 Å². The van der Waals surface area contributed by atoms with Gasteiger partial charge in [0.15, 0.2) is 11.6 Å². The van der Waals surface area contributed by atoms with Crippen LogP contribution in [0.2, 0.25) is 0 Å². The maximum atomic E-state index is 14.0. The van der Waals surface area contributed by atoms with Crippen LogP contribution in [0.5, 0.6) is 5.75 Å². The molecule has 1 saturated carbocycles. The topological polar surface area (TPSA) is 49.8 Å². The van der Waals surface area contributed by atoms with Crippen molar-refractivity contribution in [3.8, 4) is 5.75 Å². The maximum absolute atomic E-state index is 14.0. The van der Waals surface area contributed by atoms with Crippen molar-refractivity contribution in [1.82, 2.24) is 4.90 Å². The summed E-state index contributed by atoms with van der Waals surface area (Å²) >= 11 is 1.73. The van der Waals surface area contributed by atoms with E-state index < -0.39 is 18.0 Å². The number of fused-ring (bicyclic) bond motifs is 1. The SMILES string of the molecule is Cc1ccc(F)c(O[C@@H]2C[C@@H]3CN(C(=O)CCCc4cccs4)C[C@@H]3C[C@H]2O)c1. The number of benzene rings is 1. The quantitative estimate of drug-likeness (QED) is 0.767. The lowest BCUT2D eigenvalue weighted by Gasteiger charge is -2.35. The number of hydrogen-bond acceptors (Lipinski definition) is 4.